The molecule has 0 saturated carbocycles. The van der Waals surface area contributed by atoms with Gasteiger partial charge in [0.15, 0.2) is 5.82 Å². The van der Waals surface area contributed by atoms with Gasteiger partial charge in [0.2, 0.25) is 0 Å². The Bertz CT molecular complexity index is 748. The fourth-order valence-electron chi connectivity index (χ4n) is 3.67. The number of hydrogen-bond acceptors (Lipinski definition) is 5. The summed E-state index contributed by atoms with van der Waals surface area (Å²) in [5, 5.41) is 3.50. The molecular weight excluding hydrogens is 346 g/mol. The lowest BCUT2D eigenvalue weighted by Crippen LogP contribution is -2.29. The molecule has 3 rings (SSSR count). The number of piperidine rings is 1. The second-order valence-electron chi connectivity index (χ2n) is 8.22. The topological polar surface area (TPSA) is 44.3 Å². The number of benzene rings is 1. The van der Waals surface area contributed by atoms with Gasteiger partial charge in [0, 0.05) is 29.9 Å². The van der Waals surface area contributed by atoms with Gasteiger partial charge in [-0.1, -0.05) is 30.7 Å². The van der Waals surface area contributed by atoms with Gasteiger partial charge < -0.3 is 10.2 Å². The van der Waals surface area contributed by atoms with E-state index in [1.807, 2.05) is 0 Å². The predicted molar refractivity (Wildman–Crippen MR) is 118 cm³/mol. The van der Waals surface area contributed by atoms with Crippen LogP contribution >= 0.6 is 0 Å². The third kappa shape index (κ3) is 5.76. The summed E-state index contributed by atoms with van der Waals surface area (Å²) < 4.78 is 0. The highest BCUT2D eigenvalue weighted by Gasteiger charge is 2.12. The Morgan fingerprint density at radius 1 is 1.00 bits per heavy atom. The first-order valence-electron chi connectivity index (χ1n) is 10.6. The normalized spacial score (nSPS) is 15.2. The molecule has 1 saturated heterocycles. The number of likely N-dealkylation sites (tertiary alicyclic amines) is 1. The Labute approximate surface area is 170 Å². The minimum Gasteiger partial charge on any atom is -0.370 e. The van der Waals surface area contributed by atoms with Gasteiger partial charge in [-0.15, -0.1) is 0 Å². The average Bonchev–Trinajstić information content (AvgIpc) is 2.69. The van der Waals surface area contributed by atoms with Crippen LogP contribution in [-0.4, -0.2) is 60.0 Å². The van der Waals surface area contributed by atoms with Gasteiger partial charge >= 0.3 is 0 Å². The zero-order valence-corrected chi connectivity index (χ0v) is 18.0. The van der Waals surface area contributed by atoms with E-state index in [-0.39, 0.29) is 0 Å². The van der Waals surface area contributed by atoms with E-state index in [2.05, 4.69) is 67.3 Å². The van der Waals surface area contributed by atoms with E-state index in [1.165, 1.54) is 37.9 Å². The number of nitrogens with zero attached hydrogens (tertiary/aromatic N) is 4. The van der Waals surface area contributed by atoms with E-state index in [0.717, 1.165) is 54.5 Å². The fourth-order valence-corrected chi connectivity index (χ4v) is 3.67. The average molecular weight is 382 g/mol. The minimum atomic E-state index is 0.808. The molecule has 5 heteroatoms. The molecule has 2 heterocycles. The Kier molecular flexibility index (Phi) is 7.40. The van der Waals surface area contributed by atoms with Gasteiger partial charge in [0.05, 0.1) is 0 Å². The summed E-state index contributed by atoms with van der Waals surface area (Å²) in [5.41, 5.74) is 4.63. The Morgan fingerprint density at radius 2 is 1.71 bits per heavy atom. The van der Waals surface area contributed by atoms with Crippen LogP contribution in [0.4, 0.5) is 5.82 Å². The molecule has 2 aromatic rings. The molecule has 0 spiro atoms. The van der Waals surface area contributed by atoms with Crippen molar-refractivity contribution >= 4 is 5.82 Å². The summed E-state index contributed by atoms with van der Waals surface area (Å²) in [7, 11) is 4.21. The number of anilines is 1. The molecule has 1 aromatic carbocycles. The van der Waals surface area contributed by atoms with Gasteiger partial charge in [-0.05, 0) is 72.4 Å². The fraction of sp³-hybridized carbons (Fsp3) is 0.565. The van der Waals surface area contributed by atoms with Gasteiger partial charge in [-0.3, -0.25) is 4.90 Å². The first-order chi connectivity index (χ1) is 13.5. The zero-order valence-electron chi connectivity index (χ0n) is 18.0. The highest BCUT2D eigenvalue weighted by molar-refractivity contribution is 5.60. The van der Waals surface area contributed by atoms with E-state index in [0.29, 0.717) is 0 Å². The van der Waals surface area contributed by atoms with Crippen LogP contribution in [0.5, 0.6) is 0 Å². The second-order valence-corrected chi connectivity index (χ2v) is 8.22. The molecule has 1 N–H and O–H groups in total. The van der Waals surface area contributed by atoms with Crippen LogP contribution in [0.2, 0.25) is 0 Å². The Morgan fingerprint density at radius 3 is 2.39 bits per heavy atom. The van der Waals surface area contributed by atoms with Crippen molar-refractivity contribution < 1.29 is 0 Å². The molecule has 152 valence electrons. The quantitative estimate of drug-likeness (QED) is 0.697. The molecule has 28 heavy (non-hydrogen) atoms. The predicted octanol–water partition coefficient (Wildman–Crippen LogP) is 4.11. The maximum Gasteiger partial charge on any atom is 0.161 e. The van der Waals surface area contributed by atoms with Crippen molar-refractivity contribution in [3.05, 3.63) is 41.1 Å². The standard InChI is InChI=1S/C23H35N5/c1-18-19(2)25-23(26-22(18)24-13-8-14-27(3)4)21-11-9-20(10-12-21)17-28-15-6-5-7-16-28/h9-12H,5-8,13-17H2,1-4H3,(H,24,25,26). The van der Waals surface area contributed by atoms with Crippen molar-refractivity contribution in [3.63, 3.8) is 0 Å². The maximum absolute atomic E-state index is 4.82. The van der Waals surface area contributed by atoms with Gasteiger partial charge in [-0.25, -0.2) is 9.97 Å². The van der Waals surface area contributed by atoms with Crippen molar-refractivity contribution in [2.45, 2.75) is 46.1 Å². The molecule has 1 aromatic heterocycles. The van der Waals surface area contributed by atoms with Crippen molar-refractivity contribution in [1.29, 1.82) is 0 Å². The molecule has 0 amide bonds. The number of nitrogens with one attached hydrogen (secondary N) is 1. The van der Waals surface area contributed by atoms with Gasteiger partial charge in [0.25, 0.3) is 0 Å². The number of rotatable bonds is 8. The van der Waals surface area contributed by atoms with E-state index >= 15 is 0 Å². The lowest BCUT2D eigenvalue weighted by Gasteiger charge is -2.26. The molecule has 0 radical (unpaired) electrons. The molecular formula is C23H35N5. The zero-order chi connectivity index (χ0) is 19.9. The molecule has 1 aliphatic heterocycles. The highest BCUT2D eigenvalue weighted by Crippen LogP contribution is 2.23. The number of hydrogen-bond donors (Lipinski definition) is 1. The van der Waals surface area contributed by atoms with Crippen molar-refractivity contribution in [2.75, 3.05) is 45.6 Å². The molecule has 0 bridgehead atoms. The first kappa shape index (κ1) is 20.7. The van der Waals surface area contributed by atoms with Crippen LogP contribution in [-0.2, 0) is 6.54 Å². The van der Waals surface area contributed by atoms with Gasteiger partial charge in [-0.2, -0.15) is 0 Å². The molecule has 0 unspecified atom stereocenters. The van der Waals surface area contributed by atoms with Crippen LogP contribution in [0.1, 0.15) is 42.5 Å². The minimum absolute atomic E-state index is 0.808. The van der Waals surface area contributed by atoms with E-state index in [9.17, 15) is 0 Å². The number of aryl methyl sites for hydroxylation is 1. The summed E-state index contributed by atoms with van der Waals surface area (Å²) in [6.45, 7) is 9.65. The van der Waals surface area contributed by atoms with E-state index in [4.69, 9.17) is 9.97 Å². The van der Waals surface area contributed by atoms with E-state index in [1.54, 1.807) is 0 Å². The summed E-state index contributed by atoms with van der Waals surface area (Å²) in [6, 6.07) is 8.79. The second kappa shape index (κ2) is 9.99. The summed E-state index contributed by atoms with van der Waals surface area (Å²) >= 11 is 0. The SMILES string of the molecule is Cc1nc(-c2ccc(CN3CCCCC3)cc2)nc(NCCCN(C)C)c1C. The third-order valence-corrected chi connectivity index (χ3v) is 5.53. The van der Waals surface area contributed by atoms with Crippen LogP contribution in [0, 0.1) is 13.8 Å². The monoisotopic (exact) mass is 381 g/mol. The van der Waals surface area contributed by atoms with Crippen molar-refractivity contribution in [1.82, 2.24) is 19.8 Å². The maximum atomic E-state index is 4.82. The lowest BCUT2D eigenvalue weighted by atomic mass is 10.1. The summed E-state index contributed by atoms with van der Waals surface area (Å²) in [5.74, 6) is 1.77. The lowest BCUT2D eigenvalue weighted by molar-refractivity contribution is 0.221. The summed E-state index contributed by atoms with van der Waals surface area (Å²) in [4.78, 5) is 14.3. The van der Waals surface area contributed by atoms with Crippen LogP contribution < -0.4 is 5.32 Å². The van der Waals surface area contributed by atoms with Crippen LogP contribution in [0.15, 0.2) is 24.3 Å². The molecule has 1 fully saturated rings. The number of aromatic nitrogens is 2. The molecule has 0 atom stereocenters. The Hall–Kier alpha value is -1.98. The Balaban J connectivity index is 1.68. The van der Waals surface area contributed by atoms with E-state index < -0.39 is 0 Å². The third-order valence-electron chi connectivity index (χ3n) is 5.53. The summed E-state index contributed by atoms with van der Waals surface area (Å²) in [6.07, 6.45) is 5.14. The molecule has 0 aliphatic carbocycles. The van der Waals surface area contributed by atoms with Crippen LogP contribution in [0.25, 0.3) is 11.4 Å². The van der Waals surface area contributed by atoms with Crippen molar-refractivity contribution in [3.8, 4) is 11.4 Å². The highest BCUT2D eigenvalue weighted by atomic mass is 15.1. The molecule has 5 nitrogen and oxygen atoms in total. The molecule has 1 aliphatic rings. The smallest absolute Gasteiger partial charge is 0.161 e. The largest absolute Gasteiger partial charge is 0.370 e. The first-order valence-corrected chi connectivity index (χ1v) is 10.6. The van der Waals surface area contributed by atoms with Gasteiger partial charge in [0.1, 0.15) is 5.82 Å². The van der Waals surface area contributed by atoms with Crippen molar-refractivity contribution in [2.24, 2.45) is 0 Å². The van der Waals surface area contributed by atoms with Crippen LogP contribution in [0.3, 0.4) is 0 Å².